The number of ether oxygens (including phenoxy) is 2. The van der Waals surface area contributed by atoms with Crippen LogP contribution in [-0.4, -0.2) is 59.8 Å². The maximum absolute atomic E-state index is 12.5. The molecule has 0 unspecified atom stereocenters. The summed E-state index contributed by atoms with van der Waals surface area (Å²) >= 11 is 0. The van der Waals surface area contributed by atoms with Crippen LogP contribution in [0.2, 0.25) is 0 Å². The van der Waals surface area contributed by atoms with E-state index in [-0.39, 0.29) is 31.6 Å². The van der Waals surface area contributed by atoms with Crippen molar-refractivity contribution in [1.82, 2.24) is 15.5 Å². The maximum Gasteiger partial charge on any atom is 0.432 e. The molecule has 7 nitrogen and oxygen atoms in total. The molecule has 1 amide bonds. The normalized spacial score (nSPS) is 22.5. The monoisotopic (exact) mass is 323 g/mol. The number of nitrogens with zero attached hydrogens (tertiary/aromatic N) is 1. The number of aliphatic hydroxyl groups is 1. The Bertz CT molecular complexity index is 506. The fraction of sp³-hybridized carbons (Fsp3) is 0.667. The molecule has 1 aliphatic heterocycles. The quantitative estimate of drug-likeness (QED) is 0.725. The highest BCUT2D eigenvalue weighted by Crippen LogP contribution is 2.27. The van der Waals surface area contributed by atoms with Crippen molar-refractivity contribution in [3.8, 4) is 0 Å². The van der Waals surface area contributed by atoms with Crippen molar-refractivity contribution in [1.29, 1.82) is 0 Å². The molecule has 2 heterocycles. The molecule has 2 rings (SSSR count). The SMILES string of the molecule is O=C(N[C@H]1COCC[C@H]1OCCO)c1cc(C(F)(F)F)[nH]n1. The standard InChI is InChI=1S/C12H16F3N3O4/c13-12(14,15)10-5-7(17-18-10)11(20)16-8-6-21-3-1-9(8)22-4-2-19/h5,8-9,19H,1-4,6H2,(H,16,20)(H,17,18)/t8-,9+/m0/s1. The van der Waals surface area contributed by atoms with E-state index in [2.05, 4.69) is 10.4 Å². The third-order valence-electron chi connectivity index (χ3n) is 3.15. The lowest BCUT2D eigenvalue weighted by molar-refractivity contribution is -0.141. The molecule has 1 aliphatic rings. The van der Waals surface area contributed by atoms with Crippen LogP contribution in [0.1, 0.15) is 22.6 Å². The van der Waals surface area contributed by atoms with E-state index in [0.29, 0.717) is 19.1 Å². The minimum absolute atomic E-state index is 0.109. The Morgan fingerprint density at radius 3 is 3.00 bits per heavy atom. The average Bonchev–Trinajstić information content (AvgIpc) is 2.96. The predicted octanol–water partition coefficient (Wildman–Crippen LogP) is 0.325. The van der Waals surface area contributed by atoms with Crippen LogP contribution in [-0.2, 0) is 15.7 Å². The van der Waals surface area contributed by atoms with E-state index in [4.69, 9.17) is 14.6 Å². The van der Waals surface area contributed by atoms with Crippen LogP contribution in [0, 0.1) is 0 Å². The smallest absolute Gasteiger partial charge is 0.394 e. The zero-order valence-electron chi connectivity index (χ0n) is 11.5. The zero-order valence-corrected chi connectivity index (χ0v) is 11.5. The molecule has 124 valence electrons. The predicted molar refractivity (Wildman–Crippen MR) is 67.1 cm³/mol. The second kappa shape index (κ2) is 7.07. The molecule has 2 atom stereocenters. The Morgan fingerprint density at radius 2 is 2.36 bits per heavy atom. The van der Waals surface area contributed by atoms with Crippen molar-refractivity contribution in [2.45, 2.75) is 24.7 Å². The number of aromatic nitrogens is 2. The van der Waals surface area contributed by atoms with Crippen molar-refractivity contribution >= 4 is 5.91 Å². The van der Waals surface area contributed by atoms with Gasteiger partial charge in [-0.15, -0.1) is 0 Å². The summed E-state index contributed by atoms with van der Waals surface area (Å²) in [5.41, 5.74) is -1.45. The number of H-pyrrole nitrogens is 1. The second-order valence-corrected chi connectivity index (χ2v) is 4.74. The summed E-state index contributed by atoms with van der Waals surface area (Å²) in [7, 11) is 0. The minimum Gasteiger partial charge on any atom is -0.394 e. The Kier molecular flexibility index (Phi) is 5.37. The second-order valence-electron chi connectivity index (χ2n) is 4.74. The first kappa shape index (κ1) is 16.7. The molecular formula is C12H16F3N3O4. The fourth-order valence-corrected chi connectivity index (χ4v) is 2.08. The van der Waals surface area contributed by atoms with E-state index in [9.17, 15) is 18.0 Å². The summed E-state index contributed by atoms with van der Waals surface area (Å²) in [6.45, 7) is 0.575. The molecule has 0 spiro atoms. The van der Waals surface area contributed by atoms with Crippen molar-refractivity contribution in [3.05, 3.63) is 17.5 Å². The van der Waals surface area contributed by atoms with Crippen LogP contribution < -0.4 is 5.32 Å². The summed E-state index contributed by atoms with van der Waals surface area (Å²) in [4.78, 5) is 12.0. The van der Waals surface area contributed by atoms with Gasteiger partial charge in [0.15, 0.2) is 5.69 Å². The zero-order chi connectivity index (χ0) is 16.2. The molecule has 10 heteroatoms. The van der Waals surface area contributed by atoms with Gasteiger partial charge in [0.1, 0.15) is 5.69 Å². The number of aliphatic hydroxyl groups excluding tert-OH is 1. The van der Waals surface area contributed by atoms with Gasteiger partial charge in [0.25, 0.3) is 5.91 Å². The number of amides is 1. The largest absolute Gasteiger partial charge is 0.432 e. The van der Waals surface area contributed by atoms with E-state index in [1.807, 2.05) is 0 Å². The van der Waals surface area contributed by atoms with Crippen LogP contribution >= 0.6 is 0 Å². The number of halogens is 3. The number of alkyl halides is 3. The summed E-state index contributed by atoms with van der Waals surface area (Å²) in [5.74, 6) is -0.750. The van der Waals surface area contributed by atoms with Gasteiger partial charge in [-0.05, 0) is 6.42 Å². The molecule has 1 fully saturated rings. The van der Waals surface area contributed by atoms with Crippen LogP contribution in [0.3, 0.4) is 0 Å². The van der Waals surface area contributed by atoms with Gasteiger partial charge in [-0.25, -0.2) is 0 Å². The Labute approximate surface area is 123 Å². The third-order valence-corrected chi connectivity index (χ3v) is 3.15. The molecular weight excluding hydrogens is 307 g/mol. The summed E-state index contributed by atoms with van der Waals surface area (Å²) in [6.07, 6.45) is -4.45. The van der Waals surface area contributed by atoms with Crippen molar-refractivity contribution in [2.75, 3.05) is 26.4 Å². The van der Waals surface area contributed by atoms with Gasteiger partial charge in [-0.3, -0.25) is 9.89 Å². The van der Waals surface area contributed by atoms with Crippen molar-refractivity contribution in [2.24, 2.45) is 0 Å². The average molecular weight is 323 g/mol. The van der Waals surface area contributed by atoms with Gasteiger partial charge in [-0.1, -0.05) is 0 Å². The molecule has 1 saturated heterocycles. The molecule has 22 heavy (non-hydrogen) atoms. The molecule has 3 N–H and O–H groups in total. The number of rotatable bonds is 5. The van der Waals surface area contributed by atoms with Gasteiger partial charge >= 0.3 is 6.18 Å². The topological polar surface area (TPSA) is 96.5 Å². The lowest BCUT2D eigenvalue weighted by atomic mass is 10.1. The molecule has 0 aliphatic carbocycles. The van der Waals surface area contributed by atoms with E-state index in [1.165, 1.54) is 0 Å². The molecule has 0 bridgehead atoms. The van der Waals surface area contributed by atoms with Gasteiger partial charge in [0.2, 0.25) is 0 Å². The summed E-state index contributed by atoms with van der Waals surface area (Å²) in [5, 5.41) is 16.4. The fourth-order valence-electron chi connectivity index (χ4n) is 2.08. The number of carbonyl (C=O) groups is 1. The third kappa shape index (κ3) is 4.18. The molecule has 0 aromatic carbocycles. The molecule has 0 saturated carbocycles. The first-order chi connectivity index (χ1) is 10.4. The van der Waals surface area contributed by atoms with Crippen LogP contribution in [0.25, 0.3) is 0 Å². The Balaban J connectivity index is 1.98. The number of carbonyl (C=O) groups excluding carboxylic acids is 1. The van der Waals surface area contributed by atoms with Crippen LogP contribution in [0.15, 0.2) is 6.07 Å². The van der Waals surface area contributed by atoms with Gasteiger partial charge in [0.05, 0.1) is 32.0 Å². The summed E-state index contributed by atoms with van der Waals surface area (Å²) in [6, 6.07) is 0.127. The highest BCUT2D eigenvalue weighted by atomic mass is 19.4. The number of hydrogen-bond donors (Lipinski definition) is 3. The van der Waals surface area contributed by atoms with Crippen molar-refractivity contribution < 1.29 is 32.5 Å². The molecule has 1 aromatic heterocycles. The van der Waals surface area contributed by atoms with Gasteiger partial charge in [0, 0.05) is 12.7 Å². The number of aromatic amines is 1. The van der Waals surface area contributed by atoms with E-state index in [0.717, 1.165) is 0 Å². The molecule has 1 aromatic rings. The first-order valence-corrected chi connectivity index (χ1v) is 6.65. The highest BCUT2D eigenvalue weighted by molar-refractivity contribution is 5.92. The van der Waals surface area contributed by atoms with Crippen LogP contribution in [0.5, 0.6) is 0 Å². The number of nitrogens with one attached hydrogen (secondary N) is 2. The van der Waals surface area contributed by atoms with Gasteiger partial charge in [-0.2, -0.15) is 18.3 Å². The highest BCUT2D eigenvalue weighted by Gasteiger charge is 2.34. The minimum atomic E-state index is -4.59. The number of hydrogen-bond acceptors (Lipinski definition) is 5. The van der Waals surface area contributed by atoms with E-state index >= 15 is 0 Å². The Hall–Kier alpha value is -1.65. The van der Waals surface area contributed by atoms with E-state index < -0.39 is 23.8 Å². The van der Waals surface area contributed by atoms with Gasteiger partial charge < -0.3 is 19.9 Å². The maximum atomic E-state index is 12.5. The first-order valence-electron chi connectivity index (χ1n) is 6.65. The summed E-state index contributed by atoms with van der Waals surface area (Å²) < 4.78 is 48.0. The van der Waals surface area contributed by atoms with Crippen LogP contribution in [0.4, 0.5) is 13.2 Å². The molecule has 0 radical (unpaired) electrons. The lowest BCUT2D eigenvalue weighted by Crippen LogP contribution is -2.50. The van der Waals surface area contributed by atoms with Crippen molar-refractivity contribution in [3.63, 3.8) is 0 Å². The Morgan fingerprint density at radius 1 is 1.59 bits per heavy atom. The lowest BCUT2D eigenvalue weighted by Gasteiger charge is -2.31. The van der Waals surface area contributed by atoms with E-state index in [1.54, 1.807) is 5.10 Å².